The number of carbonyl (C=O) groups excluding carboxylic acids is 3. The maximum atomic E-state index is 12.7. The van der Waals surface area contributed by atoms with Crippen molar-refractivity contribution in [2.75, 3.05) is 13.2 Å². The number of hydrogen-bond acceptors (Lipinski definition) is 6. The van der Waals surface area contributed by atoms with Crippen molar-refractivity contribution < 1.29 is 28.6 Å². The van der Waals surface area contributed by atoms with E-state index in [4.69, 9.17) is 14.2 Å². The predicted octanol–water partition coefficient (Wildman–Crippen LogP) is 5.55. The minimum atomic E-state index is -1.01. The molecule has 8 nitrogen and oxygen atoms in total. The SMILES string of the molecule is CC(C)(C)OC(=O)[C@H](CCNC(=O)OCC1c2ccccc2-c2ccccc21)NC(=O)OCc1ccccc1. The number of amides is 2. The maximum Gasteiger partial charge on any atom is 0.408 e. The average Bonchev–Trinajstić information content (AvgIpc) is 3.23. The van der Waals surface area contributed by atoms with Crippen LogP contribution in [0.3, 0.4) is 0 Å². The van der Waals surface area contributed by atoms with Crippen LogP contribution in [0.25, 0.3) is 11.1 Å². The first-order valence-electron chi connectivity index (χ1n) is 13.0. The van der Waals surface area contributed by atoms with Gasteiger partial charge in [0, 0.05) is 12.5 Å². The highest BCUT2D eigenvalue weighted by Crippen LogP contribution is 2.44. The van der Waals surface area contributed by atoms with Gasteiger partial charge in [0.15, 0.2) is 0 Å². The summed E-state index contributed by atoms with van der Waals surface area (Å²) in [6.45, 7) is 5.55. The summed E-state index contributed by atoms with van der Waals surface area (Å²) in [5, 5.41) is 5.23. The predicted molar refractivity (Wildman–Crippen MR) is 147 cm³/mol. The lowest BCUT2D eigenvalue weighted by atomic mass is 9.98. The van der Waals surface area contributed by atoms with E-state index in [0.717, 1.165) is 27.8 Å². The third-order valence-electron chi connectivity index (χ3n) is 6.24. The smallest absolute Gasteiger partial charge is 0.408 e. The Morgan fingerprint density at radius 1 is 0.795 bits per heavy atom. The summed E-state index contributed by atoms with van der Waals surface area (Å²) < 4.78 is 16.3. The van der Waals surface area contributed by atoms with Crippen LogP contribution in [-0.2, 0) is 25.6 Å². The molecule has 0 bridgehead atoms. The maximum absolute atomic E-state index is 12.7. The number of rotatable bonds is 9. The summed E-state index contributed by atoms with van der Waals surface area (Å²) in [5.74, 6) is -0.674. The van der Waals surface area contributed by atoms with Crippen LogP contribution in [0.5, 0.6) is 0 Å². The van der Waals surface area contributed by atoms with Gasteiger partial charge in [-0.25, -0.2) is 14.4 Å². The van der Waals surface area contributed by atoms with Gasteiger partial charge < -0.3 is 24.8 Å². The highest BCUT2D eigenvalue weighted by Gasteiger charge is 2.30. The molecule has 4 rings (SSSR count). The fourth-order valence-corrected chi connectivity index (χ4v) is 4.50. The van der Waals surface area contributed by atoms with Gasteiger partial charge in [-0.1, -0.05) is 78.9 Å². The first kappa shape index (κ1) is 27.7. The highest BCUT2D eigenvalue weighted by molar-refractivity contribution is 5.82. The molecular formula is C31H34N2O6. The average molecular weight is 531 g/mol. The summed E-state index contributed by atoms with van der Waals surface area (Å²) in [6.07, 6.45) is -1.26. The molecule has 0 saturated carbocycles. The fourth-order valence-electron chi connectivity index (χ4n) is 4.50. The molecular weight excluding hydrogens is 496 g/mol. The van der Waals surface area contributed by atoms with Crippen molar-refractivity contribution in [3.8, 4) is 11.1 Å². The summed E-state index contributed by atoms with van der Waals surface area (Å²) >= 11 is 0. The van der Waals surface area contributed by atoms with Crippen molar-refractivity contribution >= 4 is 18.2 Å². The molecule has 1 aliphatic carbocycles. The first-order valence-corrected chi connectivity index (χ1v) is 13.0. The van der Waals surface area contributed by atoms with Crippen molar-refractivity contribution in [2.45, 2.75) is 51.4 Å². The van der Waals surface area contributed by atoms with Gasteiger partial charge in [-0.15, -0.1) is 0 Å². The molecule has 0 spiro atoms. The Hall–Kier alpha value is -4.33. The Labute approximate surface area is 228 Å². The molecule has 0 aromatic heterocycles. The monoisotopic (exact) mass is 530 g/mol. The topological polar surface area (TPSA) is 103 Å². The number of esters is 1. The van der Waals surface area contributed by atoms with Gasteiger partial charge in [-0.3, -0.25) is 0 Å². The van der Waals surface area contributed by atoms with Crippen LogP contribution in [0.1, 0.15) is 49.8 Å². The van der Waals surface area contributed by atoms with Crippen LogP contribution in [-0.4, -0.2) is 43.0 Å². The number of nitrogens with one attached hydrogen (secondary N) is 2. The van der Waals surface area contributed by atoms with Gasteiger partial charge in [0.25, 0.3) is 0 Å². The van der Waals surface area contributed by atoms with Gasteiger partial charge in [-0.2, -0.15) is 0 Å². The fraction of sp³-hybridized carbons (Fsp3) is 0.323. The Kier molecular flexibility index (Phi) is 8.86. The lowest BCUT2D eigenvalue weighted by Gasteiger charge is -2.24. The first-order chi connectivity index (χ1) is 18.7. The summed E-state index contributed by atoms with van der Waals surface area (Å²) in [7, 11) is 0. The molecule has 0 heterocycles. The number of hydrogen-bond donors (Lipinski definition) is 2. The van der Waals surface area contributed by atoms with E-state index >= 15 is 0 Å². The summed E-state index contributed by atoms with van der Waals surface area (Å²) in [5.41, 5.74) is 4.61. The van der Waals surface area contributed by atoms with Crippen LogP contribution >= 0.6 is 0 Å². The molecule has 2 amide bonds. The van der Waals surface area contributed by atoms with E-state index in [-0.39, 0.29) is 32.1 Å². The van der Waals surface area contributed by atoms with Gasteiger partial charge in [0.05, 0.1) is 0 Å². The number of alkyl carbamates (subject to hydrolysis) is 2. The van der Waals surface area contributed by atoms with Gasteiger partial charge in [-0.05, 0) is 55.0 Å². The lowest BCUT2D eigenvalue weighted by molar-refractivity contribution is -0.157. The molecule has 1 aliphatic rings. The third-order valence-corrected chi connectivity index (χ3v) is 6.24. The van der Waals surface area contributed by atoms with Crippen LogP contribution in [0.15, 0.2) is 78.9 Å². The van der Waals surface area contributed by atoms with Crippen LogP contribution in [0.4, 0.5) is 9.59 Å². The normalized spacial score (nSPS) is 13.0. The van der Waals surface area contributed by atoms with Crippen LogP contribution in [0.2, 0.25) is 0 Å². The Morgan fingerprint density at radius 3 is 2.00 bits per heavy atom. The molecule has 204 valence electrons. The molecule has 0 fully saturated rings. The van der Waals surface area contributed by atoms with E-state index in [2.05, 4.69) is 34.9 Å². The Morgan fingerprint density at radius 2 is 1.38 bits per heavy atom. The quantitative estimate of drug-likeness (QED) is 0.278. The Bertz CT molecular complexity index is 1260. The lowest BCUT2D eigenvalue weighted by Crippen LogP contribution is -2.46. The van der Waals surface area contributed by atoms with Gasteiger partial charge in [0.2, 0.25) is 0 Å². The molecule has 2 N–H and O–H groups in total. The van der Waals surface area contributed by atoms with Crippen molar-refractivity contribution in [3.05, 3.63) is 95.6 Å². The minimum Gasteiger partial charge on any atom is -0.458 e. The van der Waals surface area contributed by atoms with E-state index in [1.54, 1.807) is 20.8 Å². The van der Waals surface area contributed by atoms with E-state index in [9.17, 15) is 14.4 Å². The Balaban J connectivity index is 1.29. The van der Waals surface area contributed by atoms with E-state index in [0.29, 0.717) is 0 Å². The summed E-state index contributed by atoms with van der Waals surface area (Å²) in [6, 6.07) is 24.4. The molecule has 0 unspecified atom stereocenters. The minimum absolute atomic E-state index is 0.0567. The number of benzene rings is 3. The second kappa shape index (κ2) is 12.5. The van der Waals surface area contributed by atoms with Crippen LogP contribution < -0.4 is 10.6 Å². The second-order valence-corrected chi connectivity index (χ2v) is 10.3. The van der Waals surface area contributed by atoms with Crippen molar-refractivity contribution in [1.29, 1.82) is 0 Å². The highest BCUT2D eigenvalue weighted by atomic mass is 16.6. The molecule has 3 aromatic rings. The van der Waals surface area contributed by atoms with E-state index in [1.165, 1.54) is 0 Å². The van der Waals surface area contributed by atoms with Gasteiger partial charge in [0.1, 0.15) is 24.9 Å². The molecule has 0 radical (unpaired) electrons. The molecule has 0 saturated heterocycles. The number of carbonyl (C=O) groups is 3. The van der Waals surface area contributed by atoms with Gasteiger partial charge >= 0.3 is 18.2 Å². The molecule has 39 heavy (non-hydrogen) atoms. The van der Waals surface area contributed by atoms with Crippen molar-refractivity contribution in [2.24, 2.45) is 0 Å². The van der Waals surface area contributed by atoms with Crippen LogP contribution in [0, 0.1) is 0 Å². The largest absolute Gasteiger partial charge is 0.458 e. The molecule has 1 atom stereocenters. The molecule has 8 heteroatoms. The number of ether oxygens (including phenoxy) is 3. The van der Waals surface area contributed by atoms with Crippen molar-refractivity contribution in [3.63, 3.8) is 0 Å². The van der Waals surface area contributed by atoms with E-state index < -0.39 is 29.8 Å². The summed E-state index contributed by atoms with van der Waals surface area (Å²) in [4.78, 5) is 37.7. The zero-order valence-corrected chi connectivity index (χ0v) is 22.4. The molecule has 3 aromatic carbocycles. The third kappa shape index (κ3) is 7.60. The van der Waals surface area contributed by atoms with E-state index in [1.807, 2.05) is 54.6 Å². The standard InChI is InChI=1S/C31H34N2O6/c1-31(2,3)39-28(34)27(33-30(36)37-19-21-11-5-4-6-12-21)17-18-32-29(35)38-20-26-24-15-9-7-13-22(24)23-14-8-10-16-25(23)26/h4-16,26-27H,17-20H2,1-3H3,(H,32,35)(H,33,36)/t27-/m0/s1. The second-order valence-electron chi connectivity index (χ2n) is 10.3. The molecule has 0 aliphatic heterocycles. The zero-order valence-electron chi connectivity index (χ0n) is 22.4. The number of fused-ring (bicyclic) bond motifs is 3. The van der Waals surface area contributed by atoms with Crippen molar-refractivity contribution in [1.82, 2.24) is 10.6 Å². The zero-order chi connectivity index (χ0) is 27.8.